The van der Waals surface area contributed by atoms with Gasteiger partial charge in [-0.25, -0.2) is 4.79 Å². The number of hydroxylamine groups is 2. The Labute approximate surface area is 204 Å². The van der Waals surface area contributed by atoms with Crippen molar-refractivity contribution < 1.29 is 24.3 Å². The number of amides is 2. The molecule has 1 heterocycles. The second-order valence-electron chi connectivity index (χ2n) is 12.9. The molecule has 0 aromatic carbocycles. The van der Waals surface area contributed by atoms with Crippen molar-refractivity contribution in [2.45, 2.75) is 110 Å². The maximum absolute atomic E-state index is 12.4. The van der Waals surface area contributed by atoms with Gasteiger partial charge in [0, 0.05) is 19.3 Å². The van der Waals surface area contributed by atoms with Gasteiger partial charge in [0.1, 0.15) is 0 Å². The van der Waals surface area contributed by atoms with Gasteiger partial charge in [0.25, 0.3) is 11.8 Å². The molecule has 0 spiro atoms. The Balaban J connectivity index is 1.21. The van der Waals surface area contributed by atoms with Gasteiger partial charge in [-0.1, -0.05) is 20.8 Å². The van der Waals surface area contributed by atoms with Crippen molar-refractivity contribution in [1.29, 1.82) is 0 Å². The molecule has 34 heavy (non-hydrogen) atoms. The lowest BCUT2D eigenvalue weighted by Gasteiger charge is -2.61. The standard InChI is InChI=1S/C28H43NO5/c1-17(4-11-26(33)34-29-24(31)9-10-25(29)32)21-7-8-22-20-6-5-18-16-19(30)12-14-27(18,2)23(20)13-15-28(21,22)3/h17-23,30H,4-16H2,1-3H3/t17-,18-,19-,20?,21+,22?,23?,27+,28-/m1/s1. The lowest BCUT2D eigenvalue weighted by atomic mass is 9.44. The Morgan fingerprint density at radius 2 is 1.68 bits per heavy atom. The number of rotatable bonds is 5. The van der Waals surface area contributed by atoms with E-state index < -0.39 is 17.8 Å². The lowest BCUT2D eigenvalue weighted by molar-refractivity contribution is -0.197. The van der Waals surface area contributed by atoms with E-state index in [1.165, 1.54) is 44.9 Å². The van der Waals surface area contributed by atoms with Crippen molar-refractivity contribution in [2.75, 3.05) is 0 Å². The zero-order chi connectivity index (χ0) is 24.3. The molecule has 9 atom stereocenters. The van der Waals surface area contributed by atoms with Gasteiger partial charge in [0.15, 0.2) is 0 Å². The molecule has 1 saturated heterocycles. The van der Waals surface area contributed by atoms with Crippen molar-refractivity contribution in [1.82, 2.24) is 5.06 Å². The van der Waals surface area contributed by atoms with Gasteiger partial charge in [0.2, 0.25) is 0 Å². The molecule has 1 aliphatic heterocycles. The van der Waals surface area contributed by atoms with E-state index in [0.717, 1.165) is 37.0 Å². The minimum atomic E-state index is -0.468. The van der Waals surface area contributed by atoms with Crippen molar-refractivity contribution in [2.24, 2.45) is 46.3 Å². The van der Waals surface area contributed by atoms with E-state index in [4.69, 9.17) is 4.84 Å². The molecule has 0 aromatic heterocycles. The van der Waals surface area contributed by atoms with Crippen molar-refractivity contribution in [3.05, 3.63) is 0 Å². The van der Waals surface area contributed by atoms with Gasteiger partial charge in [-0.3, -0.25) is 9.59 Å². The van der Waals surface area contributed by atoms with Gasteiger partial charge in [0.05, 0.1) is 6.10 Å². The Morgan fingerprint density at radius 3 is 2.41 bits per heavy atom. The van der Waals surface area contributed by atoms with E-state index in [9.17, 15) is 19.5 Å². The van der Waals surface area contributed by atoms with Gasteiger partial charge < -0.3 is 9.94 Å². The smallest absolute Gasteiger partial charge is 0.333 e. The summed E-state index contributed by atoms with van der Waals surface area (Å²) in [6, 6.07) is 0. The highest BCUT2D eigenvalue weighted by atomic mass is 16.7. The van der Waals surface area contributed by atoms with Gasteiger partial charge in [-0.05, 0) is 111 Å². The Hall–Kier alpha value is -1.43. The van der Waals surface area contributed by atoms with Crippen LogP contribution in [-0.2, 0) is 19.2 Å². The van der Waals surface area contributed by atoms with Crippen LogP contribution in [0.5, 0.6) is 0 Å². The summed E-state index contributed by atoms with van der Waals surface area (Å²) in [5, 5.41) is 10.9. The minimum Gasteiger partial charge on any atom is -0.393 e. The van der Waals surface area contributed by atoms with Crippen LogP contribution in [0.4, 0.5) is 0 Å². The topological polar surface area (TPSA) is 83.9 Å². The molecule has 1 N–H and O–H groups in total. The number of carbonyl (C=O) groups excluding carboxylic acids is 3. The van der Waals surface area contributed by atoms with Gasteiger partial charge in [-0.2, -0.15) is 0 Å². The third kappa shape index (κ3) is 3.92. The summed E-state index contributed by atoms with van der Waals surface area (Å²) in [5.74, 6) is 2.82. The first-order valence-electron chi connectivity index (χ1n) is 13.9. The first kappa shape index (κ1) is 24.3. The molecule has 190 valence electrons. The van der Waals surface area contributed by atoms with Gasteiger partial charge >= 0.3 is 5.97 Å². The van der Waals surface area contributed by atoms with Crippen molar-refractivity contribution in [3.8, 4) is 0 Å². The fourth-order valence-electron chi connectivity index (χ4n) is 9.56. The van der Waals surface area contributed by atoms with E-state index in [1.54, 1.807) is 0 Å². The molecule has 2 amide bonds. The summed E-state index contributed by atoms with van der Waals surface area (Å²) in [6.07, 6.45) is 12.1. The predicted octanol–water partition coefficient (Wildman–Crippen LogP) is 5.03. The molecule has 4 saturated carbocycles. The number of hydrogen-bond acceptors (Lipinski definition) is 5. The first-order chi connectivity index (χ1) is 16.1. The van der Waals surface area contributed by atoms with Crippen LogP contribution in [-0.4, -0.2) is 34.1 Å². The third-order valence-corrected chi connectivity index (χ3v) is 11.4. The molecular weight excluding hydrogens is 430 g/mol. The zero-order valence-corrected chi connectivity index (χ0v) is 21.3. The summed E-state index contributed by atoms with van der Waals surface area (Å²) < 4.78 is 0. The highest BCUT2D eigenvalue weighted by Crippen LogP contribution is 2.68. The SMILES string of the molecule is C[C@H](CCC(=O)ON1C(=O)CCC1=O)[C@@H]1CCC2C3CC[C@@H]4C[C@H](O)CC[C@]4(C)C3CC[C@@]21C. The van der Waals surface area contributed by atoms with E-state index in [2.05, 4.69) is 20.8 Å². The number of nitrogens with zero attached hydrogens (tertiary/aromatic N) is 1. The molecule has 5 aliphatic rings. The molecule has 0 aromatic rings. The van der Waals surface area contributed by atoms with Crippen LogP contribution in [0.2, 0.25) is 0 Å². The summed E-state index contributed by atoms with van der Waals surface area (Å²) in [5.41, 5.74) is 0.740. The Morgan fingerprint density at radius 1 is 1.00 bits per heavy atom. The summed E-state index contributed by atoms with van der Waals surface area (Å²) in [6.45, 7) is 7.35. The van der Waals surface area contributed by atoms with Crippen molar-refractivity contribution >= 4 is 17.8 Å². The lowest BCUT2D eigenvalue weighted by Crippen LogP contribution is -2.54. The van der Waals surface area contributed by atoms with Crippen LogP contribution < -0.4 is 0 Å². The van der Waals surface area contributed by atoms with E-state index in [1.807, 2.05) is 0 Å². The van der Waals surface area contributed by atoms with Crippen molar-refractivity contribution in [3.63, 3.8) is 0 Å². The largest absolute Gasteiger partial charge is 0.393 e. The molecule has 3 unspecified atom stereocenters. The summed E-state index contributed by atoms with van der Waals surface area (Å²) in [4.78, 5) is 40.9. The fraction of sp³-hybridized carbons (Fsp3) is 0.893. The highest BCUT2D eigenvalue weighted by molar-refractivity contribution is 6.01. The molecule has 5 fully saturated rings. The van der Waals surface area contributed by atoms with E-state index in [0.29, 0.717) is 33.6 Å². The van der Waals surface area contributed by atoms with Crippen LogP contribution in [0, 0.1) is 46.3 Å². The van der Waals surface area contributed by atoms with Gasteiger partial charge in [-0.15, -0.1) is 5.06 Å². The number of aliphatic hydroxyl groups is 1. The van der Waals surface area contributed by atoms with Crippen LogP contribution >= 0.6 is 0 Å². The predicted molar refractivity (Wildman–Crippen MR) is 127 cm³/mol. The van der Waals surface area contributed by atoms with Crippen LogP contribution in [0.1, 0.15) is 104 Å². The summed E-state index contributed by atoms with van der Waals surface area (Å²) >= 11 is 0. The fourth-order valence-corrected chi connectivity index (χ4v) is 9.56. The summed E-state index contributed by atoms with van der Waals surface area (Å²) in [7, 11) is 0. The normalized spacial score (nSPS) is 44.9. The number of carbonyl (C=O) groups is 3. The second kappa shape index (κ2) is 8.90. The molecule has 0 bridgehead atoms. The van der Waals surface area contributed by atoms with E-state index in [-0.39, 0.29) is 25.4 Å². The van der Waals surface area contributed by atoms with Crippen LogP contribution in [0.3, 0.4) is 0 Å². The quantitative estimate of drug-likeness (QED) is 0.566. The van der Waals surface area contributed by atoms with E-state index >= 15 is 0 Å². The first-order valence-corrected chi connectivity index (χ1v) is 13.9. The third-order valence-electron chi connectivity index (χ3n) is 11.4. The zero-order valence-electron chi connectivity index (χ0n) is 21.3. The maximum Gasteiger partial charge on any atom is 0.333 e. The molecule has 5 rings (SSSR count). The minimum absolute atomic E-state index is 0.0893. The molecule has 6 heteroatoms. The molecular formula is C28H43NO5. The Kier molecular flexibility index (Phi) is 6.35. The average Bonchev–Trinajstić information content (AvgIpc) is 3.32. The molecule has 4 aliphatic carbocycles. The number of imide groups is 1. The molecule has 0 radical (unpaired) electrons. The number of fused-ring (bicyclic) bond motifs is 5. The Bertz CT molecular complexity index is 827. The maximum atomic E-state index is 12.4. The monoisotopic (exact) mass is 473 g/mol. The highest BCUT2D eigenvalue weighted by Gasteiger charge is 2.60. The second-order valence-corrected chi connectivity index (χ2v) is 12.9. The van der Waals surface area contributed by atoms with Crippen LogP contribution in [0.25, 0.3) is 0 Å². The van der Waals surface area contributed by atoms with Crippen LogP contribution in [0.15, 0.2) is 0 Å². The number of hydrogen-bond donors (Lipinski definition) is 1. The number of aliphatic hydroxyl groups excluding tert-OH is 1. The average molecular weight is 474 g/mol. The molecule has 6 nitrogen and oxygen atoms in total.